The van der Waals surface area contributed by atoms with Crippen molar-refractivity contribution in [2.24, 2.45) is 5.92 Å². The molecule has 31 heavy (non-hydrogen) atoms. The molecule has 0 radical (unpaired) electrons. The number of hydrazine groups is 1. The molecule has 0 bridgehead atoms. The van der Waals surface area contributed by atoms with Gasteiger partial charge in [-0.15, -0.1) is 0 Å². The first-order valence-corrected chi connectivity index (χ1v) is 10.7. The molecule has 1 aromatic carbocycles. The van der Waals surface area contributed by atoms with Crippen LogP contribution >= 0.6 is 0 Å². The van der Waals surface area contributed by atoms with Gasteiger partial charge in [-0.05, 0) is 59.9 Å². The summed E-state index contributed by atoms with van der Waals surface area (Å²) in [7, 11) is 0. The summed E-state index contributed by atoms with van der Waals surface area (Å²) in [5.41, 5.74) is 9.82. The summed E-state index contributed by atoms with van der Waals surface area (Å²) in [6.07, 6.45) is 1.13. The monoisotopic (exact) mass is 433 g/mol. The SMILES string of the molecule is Oc1ccc(C2CCC3C(C2)NNC3c2ncc(C3=CCNC3)[nH]2)c(CC(F)(F)F)c1. The summed E-state index contributed by atoms with van der Waals surface area (Å²) in [5.74, 6) is 1.10. The molecule has 2 aliphatic heterocycles. The van der Waals surface area contributed by atoms with Crippen LogP contribution in [-0.4, -0.2) is 40.4 Å². The molecule has 5 rings (SSSR count). The van der Waals surface area contributed by atoms with Crippen molar-refractivity contribution in [2.45, 2.75) is 49.9 Å². The molecule has 6 nitrogen and oxygen atoms in total. The lowest BCUT2D eigenvalue weighted by molar-refractivity contribution is -0.127. The molecule has 1 saturated heterocycles. The van der Waals surface area contributed by atoms with Crippen LogP contribution in [0.15, 0.2) is 30.5 Å². The zero-order valence-electron chi connectivity index (χ0n) is 17.0. The molecule has 2 fully saturated rings. The lowest BCUT2D eigenvalue weighted by Crippen LogP contribution is -2.35. The lowest BCUT2D eigenvalue weighted by Gasteiger charge is -2.33. The van der Waals surface area contributed by atoms with E-state index in [1.807, 2.05) is 6.20 Å². The molecule has 5 N–H and O–H groups in total. The van der Waals surface area contributed by atoms with Gasteiger partial charge in [0.1, 0.15) is 11.6 Å². The highest BCUT2D eigenvalue weighted by Gasteiger charge is 2.43. The molecular weight excluding hydrogens is 407 g/mol. The Morgan fingerprint density at radius 3 is 2.81 bits per heavy atom. The number of nitrogens with one attached hydrogen (secondary N) is 4. The van der Waals surface area contributed by atoms with Gasteiger partial charge in [-0.1, -0.05) is 12.1 Å². The van der Waals surface area contributed by atoms with Gasteiger partial charge in [-0.25, -0.2) is 10.4 Å². The number of hydrogen-bond acceptors (Lipinski definition) is 5. The molecule has 4 unspecified atom stereocenters. The predicted octanol–water partition coefficient (Wildman–Crippen LogP) is 3.31. The second-order valence-corrected chi connectivity index (χ2v) is 8.76. The Morgan fingerprint density at radius 1 is 1.16 bits per heavy atom. The van der Waals surface area contributed by atoms with Crippen molar-refractivity contribution in [2.75, 3.05) is 13.1 Å². The van der Waals surface area contributed by atoms with Gasteiger partial charge in [0.2, 0.25) is 0 Å². The van der Waals surface area contributed by atoms with Crippen LogP contribution in [0.2, 0.25) is 0 Å². The zero-order valence-corrected chi connectivity index (χ0v) is 17.0. The van der Waals surface area contributed by atoms with Gasteiger partial charge in [0.25, 0.3) is 0 Å². The minimum Gasteiger partial charge on any atom is -0.508 e. The smallest absolute Gasteiger partial charge is 0.393 e. The third kappa shape index (κ3) is 4.22. The van der Waals surface area contributed by atoms with Crippen LogP contribution in [0.1, 0.15) is 53.9 Å². The maximum absolute atomic E-state index is 13.1. The minimum atomic E-state index is -4.31. The Labute approximate surface area is 178 Å². The predicted molar refractivity (Wildman–Crippen MR) is 110 cm³/mol. The topological polar surface area (TPSA) is 85.0 Å². The Bertz CT molecular complexity index is 986. The van der Waals surface area contributed by atoms with E-state index in [2.05, 4.69) is 32.2 Å². The number of alkyl halides is 3. The van der Waals surface area contributed by atoms with Crippen LogP contribution in [-0.2, 0) is 6.42 Å². The molecule has 1 aliphatic carbocycles. The van der Waals surface area contributed by atoms with Gasteiger partial charge in [-0.2, -0.15) is 13.2 Å². The number of nitrogens with zero attached hydrogens (tertiary/aromatic N) is 1. The number of aromatic hydroxyl groups is 1. The van der Waals surface area contributed by atoms with Crippen LogP contribution in [0, 0.1) is 5.92 Å². The van der Waals surface area contributed by atoms with E-state index < -0.39 is 12.6 Å². The third-order valence-corrected chi connectivity index (χ3v) is 6.76. The van der Waals surface area contributed by atoms with Crippen LogP contribution in [0.25, 0.3) is 5.57 Å². The molecule has 0 spiro atoms. The summed E-state index contributed by atoms with van der Waals surface area (Å²) in [5, 5.41) is 13.0. The molecule has 166 valence electrons. The molecule has 1 aromatic heterocycles. The summed E-state index contributed by atoms with van der Waals surface area (Å²) >= 11 is 0. The van der Waals surface area contributed by atoms with Gasteiger partial charge in [-0.3, -0.25) is 5.43 Å². The number of fused-ring (bicyclic) bond motifs is 1. The fourth-order valence-corrected chi connectivity index (χ4v) is 5.31. The number of phenols is 1. The van der Waals surface area contributed by atoms with E-state index in [1.165, 1.54) is 17.7 Å². The summed E-state index contributed by atoms with van der Waals surface area (Å²) in [4.78, 5) is 8.04. The standard InChI is InChI=1S/C22H26F3N5O/c23-22(24,25)9-14-7-15(31)2-4-16(14)12-1-3-17-18(8-12)29-30-20(17)21-27-11-19(28-21)13-5-6-26-10-13/h2,4-5,7,11-12,17-18,20,26,29-31H,1,3,6,8-10H2,(H,27,28). The average molecular weight is 433 g/mol. The van der Waals surface area contributed by atoms with Crippen molar-refractivity contribution in [1.82, 2.24) is 26.1 Å². The number of rotatable bonds is 4. The summed E-state index contributed by atoms with van der Waals surface area (Å²) in [6, 6.07) is 4.60. The Kier molecular flexibility index (Phi) is 5.27. The normalized spacial score (nSPS) is 28.5. The molecule has 2 aromatic rings. The van der Waals surface area contributed by atoms with E-state index in [0.29, 0.717) is 11.5 Å². The van der Waals surface area contributed by atoms with Gasteiger partial charge in [0, 0.05) is 19.1 Å². The van der Waals surface area contributed by atoms with E-state index in [-0.39, 0.29) is 29.3 Å². The van der Waals surface area contributed by atoms with E-state index in [1.54, 1.807) is 6.07 Å². The zero-order chi connectivity index (χ0) is 21.6. The first kappa shape index (κ1) is 20.5. The number of aromatic nitrogens is 2. The lowest BCUT2D eigenvalue weighted by atomic mass is 9.73. The first-order chi connectivity index (χ1) is 14.9. The summed E-state index contributed by atoms with van der Waals surface area (Å²) < 4.78 is 39.2. The van der Waals surface area contributed by atoms with Crippen molar-refractivity contribution in [3.63, 3.8) is 0 Å². The van der Waals surface area contributed by atoms with E-state index in [9.17, 15) is 18.3 Å². The van der Waals surface area contributed by atoms with E-state index in [0.717, 1.165) is 43.9 Å². The van der Waals surface area contributed by atoms with Crippen molar-refractivity contribution in [1.29, 1.82) is 0 Å². The maximum atomic E-state index is 13.1. The summed E-state index contributed by atoms with van der Waals surface area (Å²) in [6.45, 7) is 1.70. The Morgan fingerprint density at radius 2 is 2.03 bits per heavy atom. The fraction of sp³-hybridized carbons (Fsp3) is 0.500. The molecule has 9 heteroatoms. The van der Waals surface area contributed by atoms with Gasteiger partial charge in [0.15, 0.2) is 0 Å². The van der Waals surface area contributed by atoms with Gasteiger partial charge in [0.05, 0.1) is 24.4 Å². The highest BCUT2D eigenvalue weighted by Crippen LogP contribution is 2.44. The number of halogens is 3. The van der Waals surface area contributed by atoms with E-state index in [4.69, 9.17) is 0 Å². The molecular formula is C22H26F3N5O. The van der Waals surface area contributed by atoms with Crippen LogP contribution < -0.4 is 16.2 Å². The average Bonchev–Trinajstić information content (AvgIpc) is 3.46. The van der Waals surface area contributed by atoms with Crippen LogP contribution in [0.4, 0.5) is 13.2 Å². The van der Waals surface area contributed by atoms with Gasteiger partial charge >= 0.3 is 6.18 Å². The van der Waals surface area contributed by atoms with E-state index >= 15 is 0 Å². The second-order valence-electron chi connectivity index (χ2n) is 8.76. The first-order valence-electron chi connectivity index (χ1n) is 10.7. The third-order valence-electron chi connectivity index (χ3n) is 6.76. The quantitative estimate of drug-likeness (QED) is 0.511. The van der Waals surface area contributed by atoms with Crippen molar-refractivity contribution in [3.8, 4) is 5.75 Å². The number of H-pyrrole nitrogens is 1. The van der Waals surface area contributed by atoms with Crippen LogP contribution in [0.3, 0.4) is 0 Å². The molecule has 3 aliphatic rings. The number of imidazole rings is 1. The Hall–Kier alpha value is -2.36. The minimum absolute atomic E-state index is 0.0223. The number of phenolic OH excluding ortho intramolecular Hbond substituents is 1. The number of hydrogen-bond donors (Lipinski definition) is 5. The second kappa shape index (κ2) is 7.96. The highest BCUT2D eigenvalue weighted by molar-refractivity contribution is 5.65. The number of benzene rings is 1. The van der Waals surface area contributed by atoms with Crippen molar-refractivity contribution < 1.29 is 18.3 Å². The van der Waals surface area contributed by atoms with Crippen molar-refractivity contribution in [3.05, 3.63) is 53.1 Å². The van der Waals surface area contributed by atoms with Crippen molar-refractivity contribution >= 4 is 5.57 Å². The Balaban J connectivity index is 1.31. The van der Waals surface area contributed by atoms with Crippen LogP contribution in [0.5, 0.6) is 5.75 Å². The molecule has 3 heterocycles. The molecule has 0 amide bonds. The molecule has 1 saturated carbocycles. The maximum Gasteiger partial charge on any atom is 0.393 e. The largest absolute Gasteiger partial charge is 0.508 e. The highest BCUT2D eigenvalue weighted by atomic mass is 19.4. The van der Waals surface area contributed by atoms with Gasteiger partial charge < -0.3 is 15.4 Å². The number of aromatic amines is 1. The molecule has 4 atom stereocenters. The fourth-order valence-electron chi connectivity index (χ4n) is 5.31.